The molecule has 0 aromatic heterocycles. The zero-order chi connectivity index (χ0) is 18.7. The van der Waals surface area contributed by atoms with Gasteiger partial charge in [0.15, 0.2) is 5.03 Å². The van der Waals surface area contributed by atoms with Crippen LogP contribution in [0.3, 0.4) is 0 Å². The number of esters is 2. The smallest absolute Gasteiger partial charge is 0.355 e. The molecule has 0 aliphatic carbocycles. The van der Waals surface area contributed by atoms with Gasteiger partial charge in [-0.05, 0) is 24.3 Å². The van der Waals surface area contributed by atoms with Gasteiger partial charge in [-0.2, -0.15) is 0 Å². The molecule has 134 valence electrons. The van der Waals surface area contributed by atoms with E-state index in [1.807, 2.05) is 0 Å². The van der Waals surface area contributed by atoms with Gasteiger partial charge in [0, 0.05) is 11.8 Å². The Kier molecular flexibility index (Phi) is 5.09. The van der Waals surface area contributed by atoms with Crippen LogP contribution in [0.2, 0.25) is 0 Å². The minimum Gasteiger partial charge on any atom is -0.497 e. The van der Waals surface area contributed by atoms with Crippen molar-refractivity contribution in [2.24, 2.45) is 0 Å². The zero-order valence-electron chi connectivity index (χ0n) is 13.5. The molecule has 0 amide bonds. The van der Waals surface area contributed by atoms with Crippen LogP contribution in [0.5, 0.6) is 5.75 Å². The topological polar surface area (TPSA) is 73.9 Å². The number of methoxy groups -OCH3 is 1. The van der Waals surface area contributed by atoms with Crippen molar-refractivity contribution < 1.29 is 28.2 Å². The average Bonchev–Trinajstić information content (AvgIpc) is 2.89. The molecule has 1 aliphatic heterocycles. The zero-order valence-corrected chi connectivity index (χ0v) is 14.2. The van der Waals surface area contributed by atoms with Crippen molar-refractivity contribution in [1.29, 1.82) is 0 Å². The van der Waals surface area contributed by atoms with Gasteiger partial charge in [0.2, 0.25) is 0 Å². The summed E-state index contributed by atoms with van der Waals surface area (Å²) in [5.41, 5.74) is 0.282. The first-order valence-electron chi connectivity index (χ1n) is 7.47. The van der Waals surface area contributed by atoms with E-state index in [-0.39, 0.29) is 16.3 Å². The minimum atomic E-state index is -1.42. The number of nitrogens with one attached hydrogen (secondary N) is 1. The summed E-state index contributed by atoms with van der Waals surface area (Å²) in [5.74, 6) is -2.03. The maximum Gasteiger partial charge on any atom is 0.355 e. The molecule has 1 aliphatic rings. The Bertz CT molecular complexity index is 899. The highest BCUT2D eigenvalue weighted by atomic mass is 35.5. The molecular weight excluding hydrogens is 365 g/mol. The maximum absolute atomic E-state index is 13.7. The van der Waals surface area contributed by atoms with Crippen molar-refractivity contribution >= 4 is 29.2 Å². The summed E-state index contributed by atoms with van der Waals surface area (Å²) in [5, 5.41) is 2.60. The van der Waals surface area contributed by atoms with Gasteiger partial charge in [0.25, 0.3) is 6.29 Å². The first-order chi connectivity index (χ1) is 12.5. The molecule has 1 heterocycles. The van der Waals surface area contributed by atoms with Crippen LogP contribution in [-0.2, 0) is 14.3 Å². The highest BCUT2D eigenvalue weighted by Crippen LogP contribution is 2.29. The number of rotatable bonds is 5. The molecule has 2 aromatic carbocycles. The Hall–Kier alpha value is -3.06. The third-order valence-electron chi connectivity index (χ3n) is 3.52. The molecule has 1 atom stereocenters. The van der Waals surface area contributed by atoms with E-state index in [1.54, 1.807) is 24.3 Å². The number of ether oxygens (including phenoxy) is 3. The molecule has 6 nitrogen and oxygen atoms in total. The van der Waals surface area contributed by atoms with Crippen LogP contribution >= 0.6 is 11.6 Å². The first kappa shape index (κ1) is 17.8. The fourth-order valence-corrected chi connectivity index (χ4v) is 2.44. The molecule has 3 rings (SSSR count). The lowest BCUT2D eigenvalue weighted by molar-refractivity contribution is -0.152. The van der Waals surface area contributed by atoms with Crippen molar-refractivity contribution in [3.05, 3.63) is 70.6 Å². The lowest BCUT2D eigenvalue weighted by Crippen LogP contribution is -2.24. The second-order valence-electron chi connectivity index (χ2n) is 5.21. The van der Waals surface area contributed by atoms with Gasteiger partial charge >= 0.3 is 11.9 Å². The number of halogens is 2. The monoisotopic (exact) mass is 377 g/mol. The van der Waals surface area contributed by atoms with Gasteiger partial charge in [-0.3, -0.25) is 0 Å². The summed E-state index contributed by atoms with van der Waals surface area (Å²) in [4.78, 5) is 23.9. The standard InChI is InChI=1S/C18H13ClFNO5/c1-24-11-6-4-5-10(9-11)21-15-14(19)17(23)26-18(15)25-16(22)12-7-2-3-8-13(12)20/h2-9,18,21H,1H3. The summed E-state index contributed by atoms with van der Waals surface area (Å²) in [6.45, 7) is 0. The molecule has 0 saturated heterocycles. The van der Waals surface area contributed by atoms with Crippen LogP contribution in [0, 0.1) is 5.82 Å². The van der Waals surface area contributed by atoms with Crippen molar-refractivity contribution in [2.45, 2.75) is 6.29 Å². The minimum absolute atomic E-state index is 0.0367. The van der Waals surface area contributed by atoms with E-state index in [0.29, 0.717) is 11.4 Å². The fraction of sp³-hybridized carbons (Fsp3) is 0.111. The summed E-state index contributed by atoms with van der Waals surface area (Å²) in [6.07, 6.45) is -1.42. The molecule has 26 heavy (non-hydrogen) atoms. The Balaban J connectivity index is 1.82. The molecule has 0 radical (unpaired) electrons. The first-order valence-corrected chi connectivity index (χ1v) is 7.84. The number of hydrogen-bond acceptors (Lipinski definition) is 6. The molecule has 8 heteroatoms. The number of anilines is 1. The van der Waals surface area contributed by atoms with E-state index in [4.69, 9.17) is 25.8 Å². The molecule has 0 bridgehead atoms. The van der Waals surface area contributed by atoms with Crippen molar-refractivity contribution in [2.75, 3.05) is 12.4 Å². The third kappa shape index (κ3) is 3.62. The molecular formula is C18H13ClFNO5. The third-order valence-corrected chi connectivity index (χ3v) is 3.88. The van der Waals surface area contributed by atoms with Crippen molar-refractivity contribution in [3.8, 4) is 5.75 Å². The highest BCUT2D eigenvalue weighted by Gasteiger charge is 2.37. The molecule has 0 fully saturated rings. The second-order valence-corrected chi connectivity index (χ2v) is 5.58. The van der Waals surface area contributed by atoms with Crippen LogP contribution in [0.1, 0.15) is 10.4 Å². The van der Waals surface area contributed by atoms with Gasteiger partial charge < -0.3 is 19.5 Å². The van der Waals surface area contributed by atoms with Crippen LogP contribution in [0.4, 0.5) is 10.1 Å². The van der Waals surface area contributed by atoms with Crippen LogP contribution < -0.4 is 10.1 Å². The van der Waals surface area contributed by atoms with E-state index >= 15 is 0 Å². The van der Waals surface area contributed by atoms with E-state index in [2.05, 4.69) is 5.32 Å². The number of cyclic esters (lactones) is 1. The Morgan fingerprint density at radius 3 is 2.73 bits per heavy atom. The normalized spacial score (nSPS) is 16.3. The van der Waals surface area contributed by atoms with E-state index in [1.165, 1.54) is 25.3 Å². The van der Waals surface area contributed by atoms with Crippen LogP contribution in [0.25, 0.3) is 0 Å². The summed E-state index contributed by atoms with van der Waals surface area (Å²) >= 11 is 5.95. The Morgan fingerprint density at radius 1 is 1.23 bits per heavy atom. The molecule has 0 saturated carbocycles. The van der Waals surface area contributed by atoms with Crippen LogP contribution in [-0.4, -0.2) is 25.3 Å². The lowest BCUT2D eigenvalue weighted by Gasteiger charge is -2.16. The van der Waals surface area contributed by atoms with Gasteiger partial charge in [0.05, 0.1) is 12.7 Å². The Labute approximate surface area is 153 Å². The Morgan fingerprint density at radius 2 is 2.00 bits per heavy atom. The van der Waals surface area contributed by atoms with E-state index in [0.717, 1.165) is 6.07 Å². The lowest BCUT2D eigenvalue weighted by atomic mass is 10.2. The molecule has 0 spiro atoms. The summed E-state index contributed by atoms with van der Waals surface area (Å²) in [6, 6.07) is 12.1. The van der Waals surface area contributed by atoms with Gasteiger partial charge in [0.1, 0.15) is 17.3 Å². The fourth-order valence-electron chi connectivity index (χ4n) is 2.26. The van der Waals surface area contributed by atoms with Crippen LogP contribution in [0.15, 0.2) is 59.3 Å². The van der Waals surface area contributed by atoms with Crippen molar-refractivity contribution in [1.82, 2.24) is 0 Å². The molecule has 1 N–H and O–H groups in total. The maximum atomic E-state index is 13.7. The molecule has 2 aromatic rings. The van der Waals surface area contributed by atoms with E-state index in [9.17, 15) is 14.0 Å². The average molecular weight is 378 g/mol. The van der Waals surface area contributed by atoms with E-state index < -0.39 is 24.0 Å². The number of hydrogen-bond donors (Lipinski definition) is 1. The number of benzene rings is 2. The predicted molar refractivity (Wildman–Crippen MR) is 91.2 cm³/mol. The quantitative estimate of drug-likeness (QED) is 0.805. The number of carbonyl (C=O) groups is 2. The SMILES string of the molecule is COc1cccc(NC2=C(Cl)C(=O)OC2OC(=O)c2ccccc2F)c1. The largest absolute Gasteiger partial charge is 0.497 e. The van der Waals surface area contributed by atoms with Crippen molar-refractivity contribution in [3.63, 3.8) is 0 Å². The predicted octanol–water partition coefficient (Wildman–Crippen LogP) is 3.44. The summed E-state index contributed by atoms with van der Waals surface area (Å²) < 4.78 is 28.9. The second kappa shape index (κ2) is 7.45. The highest BCUT2D eigenvalue weighted by molar-refractivity contribution is 6.42. The summed E-state index contributed by atoms with van der Waals surface area (Å²) in [7, 11) is 1.51. The molecule has 1 unspecified atom stereocenters. The van der Waals surface area contributed by atoms with Gasteiger partial charge in [-0.15, -0.1) is 0 Å². The number of carbonyl (C=O) groups excluding carboxylic acids is 2. The van der Waals surface area contributed by atoms with Gasteiger partial charge in [-0.1, -0.05) is 29.8 Å². The van der Waals surface area contributed by atoms with Gasteiger partial charge in [-0.25, -0.2) is 14.0 Å².